The first kappa shape index (κ1) is 14.4. The molecule has 2 aromatic rings. The second kappa shape index (κ2) is 6.43. The molecule has 0 spiro atoms. The lowest BCUT2D eigenvalue weighted by Crippen LogP contribution is -2.21. The van der Waals surface area contributed by atoms with E-state index in [4.69, 9.17) is 9.47 Å². The van der Waals surface area contributed by atoms with Gasteiger partial charge in [0.25, 0.3) is 0 Å². The van der Waals surface area contributed by atoms with Crippen LogP contribution in [0.1, 0.15) is 24.2 Å². The van der Waals surface area contributed by atoms with Gasteiger partial charge in [-0.15, -0.1) is 0 Å². The lowest BCUT2D eigenvalue weighted by molar-refractivity contribution is 0.354. The molecule has 5 nitrogen and oxygen atoms in total. The zero-order valence-corrected chi connectivity index (χ0v) is 12.4. The fourth-order valence-corrected chi connectivity index (χ4v) is 2.37. The molecule has 1 unspecified atom stereocenters. The van der Waals surface area contributed by atoms with Gasteiger partial charge in [-0.3, -0.25) is 4.68 Å². The highest BCUT2D eigenvalue weighted by molar-refractivity contribution is 5.45. The Labute approximate surface area is 119 Å². The molecule has 1 heterocycles. The van der Waals surface area contributed by atoms with Gasteiger partial charge in [-0.1, -0.05) is 6.07 Å². The summed E-state index contributed by atoms with van der Waals surface area (Å²) in [5.41, 5.74) is 2.24. The minimum Gasteiger partial charge on any atom is -0.493 e. The molecular formula is C15H21N3O2. The Hall–Kier alpha value is -2.01. The first-order chi connectivity index (χ1) is 9.74. The first-order valence-electron chi connectivity index (χ1n) is 6.66. The molecule has 1 aromatic carbocycles. The van der Waals surface area contributed by atoms with Crippen molar-refractivity contribution in [2.75, 3.05) is 21.3 Å². The van der Waals surface area contributed by atoms with Crippen LogP contribution in [0.2, 0.25) is 0 Å². The van der Waals surface area contributed by atoms with Crippen LogP contribution >= 0.6 is 0 Å². The summed E-state index contributed by atoms with van der Waals surface area (Å²) in [7, 11) is 5.22. The Morgan fingerprint density at radius 2 is 1.95 bits per heavy atom. The number of hydrogen-bond donors (Lipinski definition) is 1. The van der Waals surface area contributed by atoms with Gasteiger partial charge in [-0.05, 0) is 37.7 Å². The first-order valence-corrected chi connectivity index (χ1v) is 6.66. The van der Waals surface area contributed by atoms with Crippen molar-refractivity contribution < 1.29 is 9.47 Å². The van der Waals surface area contributed by atoms with Gasteiger partial charge in [-0.2, -0.15) is 5.10 Å². The second-order valence-electron chi connectivity index (χ2n) is 4.41. The second-order valence-corrected chi connectivity index (χ2v) is 4.41. The summed E-state index contributed by atoms with van der Waals surface area (Å²) in [5, 5.41) is 7.65. The fraction of sp³-hybridized carbons (Fsp3) is 0.400. The maximum atomic E-state index is 5.37. The largest absolute Gasteiger partial charge is 0.493 e. The van der Waals surface area contributed by atoms with Crippen LogP contribution in [-0.2, 0) is 6.54 Å². The molecule has 0 aliphatic carbocycles. The molecule has 0 aliphatic heterocycles. The van der Waals surface area contributed by atoms with Crippen LogP contribution in [-0.4, -0.2) is 31.0 Å². The van der Waals surface area contributed by atoms with Crippen LogP contribution in [0.5, 0.6) is 11.5 Å². The van der Waals surface area contributed by atoms with E-state index in [9.17, 15) is 0 Å². The average molecular weight is 275 g/mol. The van der Waals surface area contributed by atoms with Gasteiger partial charge in [0, 0.05) is 12.7 Å². The van der Waals surface area contributed by atoms with Gasteiger partial charge >= 0.3 is 0 Å². The summed E-state index contributed by atoms with van der Waals surface area (Å²) in [6.07, 6.45) is 1.82. The van der Waals surface area contributed by atoms with E-state index in [2.05, 4.69) is 17.3 Å². The van der Waals surface area contributed by atoms with E-state index in [0.29, 0.717) is 0 Å². The molecule has 0 radical (unpaired) electrons. The van der Waals surface area contributed by atoms with Crippen molar-refractivity contribution in [1.82, 2.24) is 15.1 Å². The Bertz CT molecular complexity index is 566. The monoisotopic (exact) mass is 275 g/mol. The Morgan fingerprint density at radius 3 is 2.55 bits per heavy atom. The number of aryl methyl sites for hydroxylation is 1. The van der Waals surface area contributed by atoms with Crippen LogP contribution < -0.4 is 14.8 Å². The van der Waals surface area contributed by atoms with E-state index in [-0.39, 0.29) is 6.04 Å². The summed E-state index contributed by atoms with van der Waals surface area (Å²) in [5.74, 6) is 1.46. The summed E-state index contributed by atoms with van der Waals surface area (Å²) in [4.78, 5) is 0. The van der Waals surface area contributed by atoms with Crippen LogP contribution in [0.3, 0.4) is 0 Å². The van der Waals surface area contributed by atoms with Gasteiger partial charge in [0.15, 0.2) is 11.5 Å². The van der Waals surface area contributed by atoms with E-state index in [1.165, 1.54) is 0 Å². The quantitative estimate of drug-likeness (QED) is 0.878. The van der Waals surface area contributed by atoms with Crippen LogP contribution in [0.25, 0.3) is 0 Å². The molecule has 20 heavy (non-hydrogen) atoms. The van der Waals surface area contributed by atoms with Crippen molar-refractivity contribution in [3.05, 3.63) is 41.7 Å². The summed E-state index contributed by atoms with van der Waals surface area (Å²) < 4.78 is 12.6. The highest BCUT2D eigenvalue weighted by Crippen LogP contribution is 2.32. The SMILES string of the molecule is CCn1nccc1C(NC)c1ccc(OC)c(OC)c1. The van der Waals surface area contributed by atoms with Crippen molar-refractivity contribution in [3.63, 3.8) is 0 Å². The van der Waals surface area contributed by atoms with Crippen LogP contribution in [0, 0.1) is 0 Å². The molecule has 2 rings (SSSR count). The Morgan fingerprint density at radius 1 is 1.20 bits per heavy atom. The number of nitrogens with one attached hydrogen (secondary N) is 1. The third kappa shape index (κ3) is 2.63. The number of nitrogens with zero attached hydrogens (tertiary/aromatic N) is 2. The van der Waals surface area contributed by atoms with Crippen LogP contribution in [0.15, 0.2) is 30.5 Å². The lowest BCUT2D eigenvalue weighted by atomic mass is 10.0. The molecule has 1 N–H and O–H groups in total. The van der Waals surface area contributed by atoms with Gasteiger partial charge < -0.3 is 14.8 Å². The number of methoxy groups -OCH3 is 2. The van der Waals surface area contributed by atoms with Crippen molar-refractivity contribution in [3.8, 4) is 11.5 Å². The third-order valence-electron chi connectivity index (χ3n) is 3.37. The molecule has 108 valence electrons. The summed E-state index contributed by atoms with van der Waals surface area (Å²) >= 11 is 0. The van der Waals surface area contributed by atoms with Gasteiger partial charge in [0.1, 0.15) is 0 Å². The molecule has 0 saturated heterocycles. The fourth-order valence-electron chi connectivity index (χ4n) is 2.37. The Balaban J connectivity index is 2.42. The van der Waals surface area contributed by atoms with Gasteiger partial charge in [0.2, 0.25) is 0 Å². The summed E-state index contributed by atoms with van der Waals surface area (Å²) in [6, 6.07) is 8.05. The molecule has 0 amide bonds. The summed E-state index contributed by atoms with van der Waals surface area (Å²) in [6.45, 7) is 2.92. The maximum absolute atomic E-state index is 5.37. The van der Waals surface area contributed by atoms with Gasteiger partial charge in [0.05, 0.1) is 26.0 Å². The topological polar surface area (TPSA) is 48.3 Å². The van der Waals surface area contributed by atoms with Crippen molar-refractivity contribution in [1.29, 1.82) is 0 Å². The highest BCUT2D eigenvalue weighted by atomic mass is 16.5. The number of hydrogen-bond acceptors (Lipinski definition) is 4. The number of ether oxygens (including phenoxy) is 2. The maximum Gasteiger partial charge on any atom is 0.161 e. The van der Waals surface area contributed by atoms with E-state index in [1.807, 2.05) is 42.2 Å². The van der Waals surface area contributed by atoms with Crippen molar-refractivity contribution in [2.45, 2.75) is 19.5 Å². The number of aromatic nitrogens is 2. The molecule has 0 bridgehead atoms. The molecule has 1 aromatic heterocycles. The lowest BCUT2D eigenvalue weighted by Gasteiger charge is -2.19. The predicted molar refractivity (Wildman–Crippen MR) is 78.3 cm³/mol. The van der Waals surface area contributed by atoms with Crippen molar-refractivity contribution >= 4 is 0 Å². The minimum atomic E-state index is 0.0669. The molecular weight excluding hydrogens is 254 g/mol. The molecule has 0 aliphatic rings. The van der Waals surface area contributed by atoms with Gasteiger partial charge in [-0.25, -0.2) is 0 Å². The molecule has 5 heteroatoms. The zero-order chi connectivity index (χ0) is 14.5. The van der Waals surface area contributed by atoms with E-state index >= 15 is 0 Å². The van der Waals surface area contributed by atoms with Crippen molar-refractivity contribution in [2.24, 2.45) is 0 Å². The minimum absolute atomic E-state index is 0.0669. The standard InChI is InChI=1S/C15H21N3O2/c1-5-18-12(8-9-17-18)15(16-2)11-6-7-13(19-3)14(10-11)20-4/h6-10,15-16H,5H2,1-4H3. The average Bonchev–Trinajstić information content (AvgIpc) is 2.96. The van der Waals surface area contributed by atoms with E-state index in [1.54, 1.807) is 14.2 Å². The predicted octanol–water partition coefficient (Wildman–Crippen LogP) is 2.23. The van der Waals surface area contributed by atoms with Crippen LogP contribution in [0.4, 0.5) is 0 Å². The molecule has 1 atom stereocenters. The third-order valence-corrected chi connectivity index (χ3v) is 3.37. The number of rotatable bonds is 6. The molecule has 0 fully saturated rings. The Kier molecular flexibility index (Phi) is 4.63. The highest BCUT2D eigenvalue weighted by Gasteiger charge is 2.18. The molecule has 0 saturated carbocycles. The van der Waals surface area contributed by atoms with E-state index < -0.39 is 0 Å². The number of benzene rings is 1. The smallest absolute Gasteiger partial charge is 0.161 e. The zero-order valence-electron chi connectivity index (χ0n) is 12.4. The normalized spacial score (nSPS) is 12.2. The van der Waals surface area contributed by atoms with E-state index in [0.717, 1.165) is 29.3 Å².